The molecule has 0 aliphatic heterocycles. The predicted octanol–water partition coefficient (Wildman–Crippen LogP) is 3.49. The molecule has 0 fully saturated rings. The Hall–Kier alpha value is -3.08. The molecule has 2 aromatic carbocycles. The maximum Gasteiger partial charge on any atom is 0.337 e. The van der Waals surface area contributed by atoms with Crippen LogP contribution in [0, 0.1) is 0 Å². The molecule has 0 spiro atoms. The van der Waals surface area contributed by atoms with Crippen LogP contribution in [-0.2, 0) is 4.79 Å². The number of hydrogen-bond donors (Lipinski definition) is 2. The van der Waals surface area contributed by atoms with Crippen molar-refractivity contribution in [1.29, 1.82) is 0 Å². The summed E-state index contributed by atoms with van der Waals surface area (Å²) >= 11 is 0. The Bertz CT molecular complexity index is 777. The highest BCUT2D eigenvalue weighted by Crippen LogP contribution is 2.18. The number of carbonyl (C=O) groups excluding carboxylic acids is 1. The van der Waals surface area contributed by atoms with Crippen LogP contribution in [-0.4, -0.2) is 31.1 Å². The van der Waals surface area contributed by atoms with Crippen molar-refractivity contribution in [2.24, 2.45) is 0 Å². The third kappa shape index (κ3) is 4.23. The Balaban J connectivity index is 2.16. The van der Waals surface area contributed by atoms with Crippen LogP contribution in [0.5, 0.6) is 0 Å². The Morgan fingerprint density at radius 1 is 1.04 bits per heavy atom. The largest absolute Gasteiger partial charge is 0.478 e. The quantitative estimate of drug-likeness (QED) is 0.826. The number of nitrogens with one attached hydrogen (secondary N) is 1. The number of para-hydroxylation sites is 1. The van der Waals surface area contributed by atoms with Gasteiger partial charge in [0.1, 0.15) is 0 Å². The Kier molecular flexibility index (Phi) is 5.37. The lowest BCUT2D eigenvalue weighted by Crippen LogP contribution is -2.15. The molecule has 0 unspecified atom stereocenters. The van der Waals surface area contributed by atoms with E-state index in [2.05, 4.69) is 5.32 Å². The van der Waals surface area contributed by atoms with Crippen LogP contribution in [0.2, 0.25) is 0 Å². The SMILES string of the molecule is CC(=Cc1ccc(N(C)C)cc1)C(=O)Nc1ccccc1C(=O)O. The molecule has 5 nitrogen and oxygen atoms in total. The van der Waals surface area contributed by atoms with E-state index in [0.717, 1.165) is 11.3 Å². The average molecular weight is 324 g/mol. The molecule has 0 heterocycles. The fourth-order valence-electron chi connectivity index (χ4n) is 2.18. The van der Waals surface area contributed by atoms with E-state index in [4.69, 9.17) is 5.11 Å². The number of rotatable bonds is 5. The first-order valence-corrected chi connectivity index (χ1v) is 7.48. The summed E-state index contributed by atoms with van der Waals surface area (Å²) < 4.78 is 0. The normalized spacial score (nSPS) is 11.0. The van der Waals surface area contributed by atoms with Gasteiger partial charge in [-0.2, -0.15) is 0 Å². The molecule has 0 atom stereocenters. The minimum atomic E-state index is -1.08. The van der Waals surface area contributed by atoms with Crippen LogP contribution < -0.4 is 10.2 Å². The molecule has 124 valence electrons. The molecule has 2 rings (SSSR count). The van der Waals surface area contributed by atoms with Gasteiger partial charge in [-0.3, -0.25) is 4.79 Å². The third-order valence-electron chi connectivity index (χ3n) is 3.56. The summed E-state index contributed by atoms with van der Waals surface area (Å²) in [6.45, 7) is 1.69. The van der Waals surface area contributed by atoms with Crippen molar-refractivity contribution in [1.82, 2.24) is 0 Å². The van der Waals surface area contributed by atoms with Gasteiger partial charge in [0.2, 0.25) is 0 Å². The lowest BCUT2D eigenvalue weighted by molar-refractivity contribution is -0.112. The van der Waals surface area contributed by atoms with Gasteiger partial charge in [-0.05, 0) is 42.8 Å². The number of benzene rings is 2. The maximum absolute atomic E-state index is 12.3. The lowest BCUT2D eigenvalue weighted by atomic mass is 10.1. The fourth-order valence-corrected chi connectivity index (χ4v) is 2.18. The molecule has 0 saturated heterocycles. The van der Waals surface area contributed by atoms with E-state index in [1.54, 1.807) is 31.2 Å². The zero-order valence-corrected chi connectivity index (χ0v) is 13.9. The minimum absolute atomic E-state index is 0.0639. The molecule has 1 amide bonds. The number of amides is 1. The first kappa shape index (κ1) is 17.3. The van der Waals surface area contributed by atoms with Crippen LogP contribution in [0.15, 0.2) is 54.1 Å². The summed E-state index contributed by atoms with van der Waals surface area (Å²) in [5.74, 6) is -1.41. The van der Waals surface area contributed by atoms with Crippen LogP contribution in [0.1, 0.15) is 22.8 Å². The van der Waals surface area contributed by atoms with Crippen LogP contribution in [0.3, 0.4) is 0 Å². The second-order valence-electron chi connectivity index (χ2n) is 5.62. The van der Waals surface area contributed by atoms with Gasteiger partial charge in [-0.15, -0.1) is 0 Å². The average Bonchev–Trinajstić information content (AvgIpc) is 2.55. The van der Waals surface area contributed by atoms with Crippen LogP contribution in [0.4, 0.5) is 11.4 Å². The second-order valence-corrected chi connectivity index (χ2v) is 5.62. The molecule has 0 radical (unpaired) electrons. The summed E-state index contributed by atoms with van der Waals surface area (Å²) in [6, 6.07) is 14.1. The van der Waals surface area contributed by atoms with Gasteiger partial charge < -0.3 is 15.3 Å². The van der Waals surface area contributed by atoms with Gasteiger partial charge >= 0.3 is 5.97 Å². The van der Waals surface area contributed by atoms with Crippen molar-refractivity contribution in [3.8, 4) is 0 Å². The summed E-state index contributed by atoms with van der Waals surface area (Å²) in [5, 5.41) is 11.8. The summed E-state index contributed by atoms with van der Waals surface area (Å²) in [7, 11) is 3.92. The van der Waals surface area contributed by atoms with Crippen molar-refractivity contribution >= 4 is 29.3 Å². The Labute approximate surface area is 141 Å². The van der Waals surface area contributed by atoms with E-state index in [-0.39, 0.29) is 17.2 Å². The molecular formula is C19H20N2O3. The first-order valence-electron chi connectivity index (χ1n) is 7.48. The number of carboxylic acid groups (broad SMARTS) is 1. The van der Waals surface area contributed by atoms with Gasteiger partial charge in [0.25, 0.3) is 5.91 Å². The van der Waals surface area contributed by atoms with Gasteiger partial charge in [-0.25, -0.2) is 4.79 Å². The number of hydrogen-bond acceptors (Lipinski definition) is 3. The van der Waals surface area contributed by atoms with Gasteiger partial charge in [-0.1, -0.05) is 24.3 Å². The summed E-state index contributed by atoms with van der Waals surface area (Å²) in [4.78, 5) is 25.5. The summed E-state index contributed by atoms with van der Waals surface area (Å²) in [6.07, 6.45) is 1.76. The number of nitrogens with zero attached hydrogens (tertiary/aromatic N) is 1. The number of carboxylic acids is 1. The number of aromatic carboxylic acids is 1. The minimum Gasteiger partial charge on any atom is -0.478 e. The van der Waals surface area contributed by atoms with Crippen molar-refractivity contribution in [2.75, 3.05) is 24.3 Å². The molecule has 0 aliphatic carbocycles. The fraction of sp³-hybridized carbons (Fsp3) is 0.158. The van der Waals surface area contributed by atoms with Crippen LogP contribution >= 0.6 is 0 Å². The van der Waals surface area contributed by atoms with Gasteiger partial charge in [0.05, 0.1) is 11.3 Å². The van der Waals surface area contributed by atoms with Crippen molar-refractivity contribution in [3.63, 3.8) is 0 Å². The van der Waals surface area contributed by atoms with Crippen molar-refractivity contribution < 1.29 is 14.7 Å². The van der Waals surface area contributed by atoms with Crippen molar-refractivity contribution in [3.05, 3.63) is 65.2 Å². The van der Waals surface area contributed by atoms with Crippen LogP contribution in [0.25, 0.3) is 6.08 Å². The zero-order chi connectivity index (χ0) is 17.7. The smallest absolute Gasteiger partial charge is 0.337 e. The predicted molar refractivity (Wildman–Crippen MR) is 96.5 cm³/mol. The molecule has 2 N–H and O–H groups in total. The molecule has 0 saturated carbocycles. The van der Waals surface area contributed by atoms with E-state index in [9.17, 15) is 9.59 Å². The molecule has 0 aliphatic rings. The molecule has 0 bridgehead atoms. The molecular weight excluding hydrogens is 304 g/mol. The molecule has 24 heavy (non-hydrogen) atoms. The molecule has 0 aromatic heterocycles. The van der Waals surface area contributed by atoms with Gasteiger partial charge in [0, 0.05) is 25.4 Å². The van der Waals surface area contributed by atoms with E-state index in [1.807, 2.05) is 43.3 Å². The van der Waals surface area contributed by atoms with Crippen molar-refractivity contribution in [2.45, 2.75) is 6.92 Å². The summed E-state index contributed by atoms with van der Waals surface area (Å²) in [5.41, 5.74) is 2.82. The van der Waals surface area contributed by atoms with E-state index in [0.29, 0.717) is 5.57 Å². The first-order chi connectivity index (χ1) is 11.4. The van der Waals surface area contributed by atoms with E-state index < -0.39 is 5.97 Å². The Morgan fingerprint density at radius 3 is 2.25 bits per heavy atom. The lowest BCUT2D eigenvalue weighted by Gasteiger charge is -2.12. The monoisotopic (exact) mass is 324 g/mol. The maximum atomic E-state index is 12.3. The topological polar surface area (TPSA) is 69.6 Å². The number of anilines is 2. The van der Waals surface area contributed by atoms with E-state index >= 15 is 0 Å². The van der Waals surface area contributed by atoms with Gasteiger partial charge in [0.15, 0.2) is 0 Å². The van der Waals surface area contributed by atoms with E-state index in [1.165, 1.54) is 6.07 Å². The standard InChI is InChI=1S/C19H20N2O3/c1-13(12-14-8-10-15(11-9-14)21(2)3)18(22)20-17-7-5-4-6-16(17)19(23)24/h4-12H,1-3H3,(H,20,22)(H,23,24). The second kappa shape index (κ2) is 7.46. The molecule has 2 aromatic rings. The third-order valence-corrected chi connectivity index (χ3v) is 3.56. The molecule has 5 heteroatoms. The highest BCUT2D eigenvalue weighted by molar-refractivity contribution is 6.09. The number of carbonyl (C=O) groups is 2. The zero-order valence-electron chi connectivity index (χ0n) is 13.9. The highest BCUT2D eigenvalue weighted by atomic mass is 16.4. The Morgan fingerprint density at radius 2 is 1.67 bits per heavy atom. The highest BCUT2D eigenvalue weighted by Gasteiger charge is 2.12.